The normalized spacial score (nSPS) is 14.8. The van der Waals surface area contributed by atoms with E-state index in [1.54, 1.807) is 12.1 Å². The Hall–Kier alpha value is -2.21. The molecule has 1 amide bonds. The number of halogens is 1. The van der Waals surface area contributed by atoms with Crippen molar-refractivity contribution in [1.29, 1.82) is 0 Å². The largest absolute Gasteiger partial charge is 0.493 e. The molecule has 142 valence electrons. The van der Waals surface area contributed by atoms with E-state index in [9.17, 15) is 9.59 Å². The van der Waals surface area contributed by atoms with Crippen molar-refractivity contribution in [2.24, 2.45) is 5.92 Å². The molecule has 1 aliphatic rings. The summed E-state index contributed by atoms with van der Waals surface area (Å²) in [6, 6.07) is 3.48. The molecule has 1 fully saturated rings. The van der Waals surface area contributed by atoms with Crippen LogP contribution in [0.2, 0.25) is 5.02 Å². The first-order valence-corrected chi connectivity index (χ1v) is 8.97. The van der Waals surface area contributed by atoms with Crippen LogP contribution < -0.4 is 14.8 Å². The first kappa shape index (κ1) is 20.1. The summed E-state index contributed by atoms with van der Waals surface area (Å²) in [4.78, 5) is 23.5. The summed E-state index contributed by atoms with van der Waals surface area (Å²) in [6.07, 6.45) is 5.05. The average molecular weight is 382 g/mol. The molecule has 0 aromatic heterocycles. The van der Waals surface area contributed by atoms with E-state index < -0.39 is 5.97 Å². The standard InChI is InChI=1S/C19H24ClNO5/c1-4-25-19-15(20)9-13(10-16(19)24-3)5-8-18(23)26-11-17(22)21-12(2)14-6-7-14/h5,8-10,12,14H,4,6-7,11H2,1-3H3,(H,21,22)/b8-5+/t12-/m1/s1. The monoisotopic (exact) mass is 381 g/mol. The fourth-order valence-electron chi connectivity index (χ4n) is 2.48. The average Bonchev–Trinajstić information content (AvgIpc) is 3.45. The van der Waals surface area contributed by atoms with Gasteiger partial charge in [-0.2, -0.15) is 0 Å². The zero-order valence-corrected chi connectivity index (χ0v) is 16.0. The Balaban J connectivity index is 1.88. The van der Waals surface area contributed by atoms with E-state index in [4.69, 9.17) is 25.8 Å². The highest BCUT2D eigenvalue weighted by molar-refractivity contribution is 6.32. The minimum Gasteiger partial charge on any atom is -0.493 e. The molecule has 6 nitrogen and oxygen atoms in total. The molecule has 0 radical (unpaired) electrons. The van der Waals surface area contributed by atoms with Gasteiger partial charge in [-0.05, 0) is 56.4 Å². The maximum absolute atomic E-state index is 11.8. The molecule has 0 unspecified atom stereocenters. The van der Waals surface area contributed by atoms with Crippen molar-refractivity contribution in [3.8, 4) is 11.5 Å². The van der Waals surface area contributed by atoms with Gasteiger partial charge in [0.1, 0.15) is 0 Å². The molecule has 1 aromatic rings. The lowest BCUT2D eigenvalue weighted by Gasteiger charge is -2.12. The first-order chi connectivity index (χ1) is 12.4. The summed E-state index contributed by atoms with van der Waals surface area (Å²) >= 11 is 6.18. The molecule has 1 N–H and O–H groups in total. The molecular formula is C19H24ClNO5. The van der Waals surface area contributed by atoms with Crippen molar-refractivity contribution in [2.75, 3.05) is 20.3 Å². The van der Waals surface area contributed by atoms with E-state index >= 15 is 0 Å². The van der Waals surface area contributed by atoms with Gasteiger partial charge in [0.25, 0.3) is 5.91 Å². The van der Waals surface area contributed by atoms with Crippen LogP contribution in [-0.2, 0) is 14.3 Å². The second kappa shape index (κ2) is 9.48. The predicted molar refractivity (Wildman–Crippen MR) is 99.5 cm³/mol. The Morgan fingerprint density at radius 1 is 1.38 bits per heavy atom. The molecule has 1 aliphatic carbocycles. The molecule has 1 atom stereocenters. The molecular weight excluding hydrogens is 358 g/mol. The predicted octanol–water partition coefficient (Wildman–Crippen LogP) is 3.22. The lowest BCUT2D eigenvalue weighted by Crippen LogP contribution is -2.36. The van der Waals surface area contributed by atoms with Crippen LogP contribution in [0.5, 0.6) is 11.5 Å². The van der Waals surface area contributed by atoms with E-state index in [1.807, 2.05) is 13.8 Å². The van der Waals surface area contributed by atoms with Gasteiger partial charge in [-0.15, -0.1) is 0 Å². The molecule has 0 saturated heterocycles. The van der Waals surface area contributed by atoms with Gasteiger partial charge in [0.2, 0.25) is 0 Å². The van der Waals surface area contributed by atoms with Gasteiger partial charge in [-0.3, -0.25) is 4.79 Å². The van der Waals surface area contributed by atoms with Crippen LogP contribution in [0.1, 0.15) is 32.3 Å². The zero-order valence-electron chi connectivity index (χ0n) is 15.2. The van der Waals surface area contributed by atoms with Gasteiger partial charge < -0.3 is 19.5 Å². The summed E-state index contributed by atoms with van der Waals surface area (Å²) in [5.41, 5.74) is 0.652. The number of rotatable bonds is 9. The molecule has 0 heterocycles. The first-order valence-electron chi connectivity index (χ1n) is 8.59. The topological polar surface area (TPSA) is 73.9 Å². The SMILES string of the molecule is CCOc1c(Cl)cc(/C=C/C(=O)OCC(=O)N[C@H](C)C2CC2)cc1OC. The molecule has 0 bridgehead atoms. The number of amides is 1. The molecule has 2 rings (SSSR count). The summed E-state index contributed by atoms with van der Waals surface area (Å²) in [5, 5.41) is 3.21. The molecule has 0 aliphatic heterocycles. The van der Waals surface area contributed by atoms with Gasteiger partial charge in [0.15, 0.2) is 18.1 Å². The van der Waals surface area contributed by atoms with Gasteiger partial charge in [0.05, 0.1) is 18.7 Å². The van der Waals surface area contributed by atoms with E-state index in [0.717, 1.165) is 12.8 Å². The Labute approximate surface area is 158 Å². The van der Waals surface area contributed by atoms with Crippen LogP contribution in [0.25, 0.3) is 6.08 Å². The number of esters is 1. The molecule has 1 aromatic carbocycles. The highest BCUT2D eigenvalue weighted by Crippen LogP contribution is 2.36. The van der Waals surface area contributed by atoms with E-state index in [1.165, 1.54) is 19.3 Å². The van der Waals surface area contributed by atoms with Crippen molar-refractivity contribution < 1.29 is 23.8 Å². The highest BCUT2D eigenvalue weighted by Gasteiger charge is 2.28. The number of nitrogens with one attached hydrogen (secondary N) is 1. The number of carbonyl (C=O) groups excluding carboxylic acids is 2. The quantitative estimate of drug-likeness (QED) is 0.525. The smallest absolute Gasteiger partial charge is 0.331 e. The van der Waals surface area contributed by atoms with Gasteiger partial charge in [0, 0.05) is 12.1 Å². The van der Waals surface area contributed by atoms with Crippen LogP contribution in [0.3, 0.4) is 0 Å². The second-order valence-electron chi connectivity index (χ2n) is 6.10. The van der Waals surface area contributed by atoms with Crippen molar-refractivity contribution in [2.45, 2.75) is 32.7 Å². The van der Waals surface area contributed by atoms with E-state index in [-0.39, 0.29) is 18.6 Å². The second-order valence-corrected chi connectivity index (χ2v) is 6.51. The Bertz CT molecular complexity index is 685. The van der Waals surface area contributed by atoms with Crippen LogP contribution in [0.15, 0.2) is 18.2 Å². The third-order valence-corrected chi connectivity index (χ3v) is 4.30. The van der Waals surface area contributed by atoms with Crippen molar-refractivity contribution in [1.82, 2.24) is 5.32 Å². The Morgan fingerprint density at radius 3 is 2.73 bits per heavy atom. The number of carbonyl (C=O) groups is 2. The molecule has 7 heteroatoms. The number of benzene rings is 1. The highest BCUT2D eigenvalue weighted by atomic mass is 35.5. The number of hydrogen-bond donors (Lipinski definition) is 1. The van der Waals surface area contributed by atoms with Crippen LogP contribution in [0.4, 0.5) is 0 Å². The van der Waals surface area contributed by atoms with Crippen molar-refractivity contribution in [3.05, 3.63) is 28.8 Å². The van der Waals surface area contributed by atoms with E-state index in [0.29, 0.717) is 34.6 Å². The van der Waals surface area contributed by atoms with Gasteiger partial charge in [-0.1, -0.05) is 11.6 Å². The third kappa shape index (κ3) is 5.95. The number of ether oxygens (including phenoxy) is 3. The van der Waals surface area contributed by atoms with Crippen molar-refractivity contribution >= 4 is 29.6 Å². The lowest BCUT2D eigenvalue weighted by atomic mass is 10.2. The fourth-order valence-corrected chi connectivity index (χ4v) is 2.75. The maximum atomic E-state index is 11.8. The van der Waals surface area contributed by atoms with Crippen LogP contribution >= 0.6 is 11.6 Å². The summed E-state index contributed by atoms with van der Waals surface area (Å²) in [6.45, 7) is 3.97. The van der Waals surface area contributed by atoms with Crippen molar-refractivity contribution in [3.63, 3.8) is 0 Å². The lowest BCUT2D eigenvalue weighted by molar-refractivity contribution is -0.144. The molecule has 0 spiro atoms. The zero-order chi connectivity index (χ0) is 19.1. The Morgan fingerprint density at radius 2 is 2.12 bits per heavy atom. The number of hydrogen-bond acceptors (Lipinski definition) is 5. The molecule has 1 saturated carbocycles. The van der Waals surface area contributed by atoms with Gasteiger partial charge in [-0.25, -0.2) is 4.79 Å². The van der Waals surface area contributed by atoms with Gasteiger partial charge >= 0.3 is 5.97 Å². The minimum atomic E-state index is -0.608. The Kier molecular flexibility index (Phi) is 7.33. The minimum absolute atomic E-state index is 0.121. The summed E-state index contributed by atoms with van der Waals surface area (Å²) < 4.78 is 15.6. The fraction of sp³-hybridized carbons (Fsp3) is 0.474. The van der Waals surface area contributed by atoms with Crippen LogP contribution in [-0.4, -0.2) is 38.2 Å². The maximum Gasteiger partial charge on any atom is 0.331 e. The van der Waals surface area contributed by atoms with Crippen LogP contribution in [0, 0.1) is 5.92 Å². The molecule has 26 heavy (non-hydrogen) atoms. The number of methoxy groups -OCH3 is 1. The summed E-state index contributed by atoms with van der Waals surface area (Å²) in [7, 11) is 1.51. The van der Waals surface area contributed by atoms with E-state index in [2.05, 4.69) is 5.32 Å². The summed E-state index contributed by atoms with van der Waals surface area (Å²) in [5.74, 6) is 0.577. The third-order valence-electron chi connectivity index (χ3n) is 4.02.